The third kappa shape index (κ3) is 3.97. The van der Waals surface area contributed by atoms with Crippen LogP contribution in [-0.4, -0.2) is 28.6 Å². The fraction of sp³-hybridized carbons (Fsp3) is 0.462. The van der Waals surface area contributed by atoms with E-state index in [2.05, 4.69) is 19.2 Å². The molecule has 0 atom stereocenters. The highest BCUT2D eigenvalue weighted by Gasteiger charge is 2.17. The number of thioether (sulfide) groups is 1. The van der Waals surface area contributed by atoms with Gasteiger partial charge in [-0.15, -0.1) is 0 Å². The first-order valence-corrected chi connectivity index (χ1v) is 6.71. The van der Waals surface area contributed by atoms with E-state index in [0.29, 0.717) is 12.1 Å². The van der Waals surface area contributed by atoms with Gasteiger partial charge < -0.3 is 10.4 Å². The lowest BCUT2D eigenvalue weighted by Gasteiger charge is -2.22. The van der Waals surface area contributed by atoms with Crippen molar-refractivity contribution in [2.24, 2.45) is 0 Å². The summed E-state index contributed by atoms with van der Waals surface area (Å²) in [7, 11) is 0. The molecule has 0 aromatic heterocycles. The maximum absolute atomic E-state index is 11.8. The number of carbonyl (C=O) groups excluding carboxylic acids is 1. The number of hydrogen-bond donors (Lipinski definition) is 2. The quantitative estimate of drug-likeness (QED) is 0.867. The topological polar surface area (TPSA) is 49.3 Å². The van der Waals surface area contributed by atoms with E-state index in [-0.39, 0.29) is 16.4 Å². The lowest BCUT2D eigenvalue weighted by atomic mass is 10.1. The minimum atomic E-state index is -0.151. The molecule has 0 bridgehead atoms. The summed E-state index contributed by atoms with van der Waals surface area (Å²) in [4.78, 5) is 11.8. The largest absolute Gasteiger partial charge is 0.508 e. The minimum Gasteiger partial charge on any atom is -0.508 e. The first-order valence-electron chi connectivity index (χ1n) is 5.49. The lowest BCUT2D eigenvalue weighted by Crippen LogP contribution is -2.36. The Kier molecular flexibility index (Phi) is 4.46. The SMILES string of the molecule is CSC(C)(C)CNC(=O)c1ccc(C)c(O)c1. The Bertz CT molecular complexity index is 416. The second kappa shape index (κ2) is 5.45. The molecular weight excluding hydrogens is 234 g/mol. The van der Waals surface area contributed by atoms with Crippen LogP contribution in [-0.2, 0) is 0 Å². The first-order chi connectivity index (χ1) is 7.85. The van der Waals surface area contributed by atoms with Crippen LogP contribution in [0.15, 0.2) is 18.2 Å². The van der Waals surface area contributed by atoms with Crippen molar-refractivity contribution in [3.05, 3.63) is 29.3 Å². The number of rotatable bonds is 4. The second-order valence-corrected chi connectivity index (χ2v) is 6.16. The monoisotopic (exact) mass is 253 g/mol. The molecule has 17 heavy (non-hydrogen) atoms. The number of nitrogens with one attached hydrogen (secondary N) is 1. The highest BCUT2D eigenvalue weighted by atomic mass is 32.2. The van der Waals surface area contributed by atoms with Gasteiger partial charge in [0.15, 0.2) is 0 Å². The molecule has 0 heterocycles. The van der Waals surface area contributed by atoms with Gasteiger partial charge in [0.1, 0.15) is 5.75 Å². The summed E-state index contributed by atoms with van der Waals surface area (Å²) < 4.78 is 0.0163. The van der Waals surface area contributed by atoms with Crippen LogP contribution < -0.4 is 5.32 Å². The summed E-state index contributed by atoms with van der Waals surface area (Å²) in [5, 5.41) is 12.4. The molecule has 1 amide bonds. The number of carbonyl (C=O) groups is 1. The van der Waals surface area contributed by atoms with Crippen LogP contribution in [0.5, 0.6) is 5.75 Å². The molecule has 0 aliphatic rings. The summed E-state index contributed by atoms with van der Waals surface area (Å²) >= 11 is 1.71. The summed E-state index contributed by atoms with van der Waals surface area (Å²) in [6, 6.07) is 4.96. The molecular formula is C13H19NO2S. The van der Waals surface area contributed by atoms with Crippen LogP contribution in [0.25, 0.3) is 0 Å². The Morgan fingerprint density at radius 1 is 1.47 bits per heavy atom. The van der Waals surface area contributed by atoms with Gasteiger partial charge in [0.05, 0.1) is 0 Å². The number of aryl methyl sites for hydroxylation is 1. The van der Waals surface area contributed by atoms with Gasteiger partial charge in [-0.25, -0.2) is 0 Å². The van der Waals surface area contributed by atoms with Gasteiger partial charge in [-0.3, -0.25) is 4.79 Å². The van der Waals surface area contributed by atoms with Crippen LogP contribution in [0.4, 0.5) is 0 Å². The Balaban J connectivity index is 2.68. The third-order valence-electron chi connectivity index (χ3n) is 2.70. The van der Waals surface area contributed by atoms with Crippen molar-refractivity contribution in [1.29, 1.82) is 0 Å². The standard InChI is InChI=1S/C13H19NO2S/c1-9-5-6-10(7-11(9)15)12(16)14-8-13(2,3)17-4/h5-7,15H,8H2,1-4H3,(H,14,16). The van der Waals surface area contributed by atoms with Crippen molar-refractivity contribution < 1.29 is 9.90 Å². The summed E-state index contributed by atoms with van der Waals surface area (Å²) in [6.07, 6.45) is 2.02. The number of phenolic OH excluding ortho intramolecular Hbond substituents is 1. The predicted octanol–water partition coefficient (Wildman–Crippen LogP) is 2.57. The van der Waals surface area contributed by atoms with Crippen molar-refractivity contribution in [1.82, 2.24) is 5.32 Å². The molecule has 0 saturated heterocycles. The van der Waals surface area contributed by atoms with E-state index in [9.17, 15) is 9.90 Å². The lowest BCUT2D eigenvalue weighted by molar-refractivity contribution is 0.0950. The number of hydrogen-bond acceptors (Lipinski definition) is 3. The minimum absolute atomic E-state index is 0.0163. The van der Waals surface area contributed by atoms with E-state index >= 15 is 0 Å². The molecule has 0 radical (unpaired) electrons. The molecule has 2 N–H and O–H groups in total. The van der Waals surface area contributed by atoms with Crippen molar-refractivity contribution in [3.63, 3.8) is 0 Å². The molecule has 0 unspecified atom stereocenters. The fourth-order valence-electron chi connectivity index (χ4n) is 1.22. The number of phenols is 1. The molecule has 1 aromatic rings. The number of amides is 1. The summed E-state index contributed by atoms with van der Waals surface area (Å²) in [6.45, 7) is 6.55. The molecule has 0 aliphatic carbocycles. The van der Waals surface area contributed by atoms with Crippen molar-refractivity contribution in [3.8, 4) is 5.75 Å². The maximum atomic E-state index is 11.8. The average Bonchev–Trinajstić information content (AvgIpc) is 2.30. The molecule has 1 rings (SSSR count). The van der Waals surface area contributed by atoms with Gasteiger partial charge in [-0.05, 0) is 44.7 Å². The summed E-state index contributed by atoms with van der Waals surface area (Å²) in [5.74, 6) is 0.00389. The zero-order valence-corrected chi connectivity index (χ0v) is 11.5. The highest BCUT2D eigenvalue weighted by molar-refractivity contribution is 7.99. The van der Waals surface area contributed by atoms with Gasteiger partial charge >= 0.3 is 0 Å². The third-order valence-corrected chi connectivity index (χ3v) is 3.95. The van der Waals surface area contributed by atoms with Crippen LogP contribution in [0, 0.1) is 6.92 Å². The van der Waals surface area contributed by atoms with Crippen LogP contribution in [0.1, 0.15) is 29.8 Å². The van der Waals surface area contributed by atoms with Gasteiger partial charge in [-0.2, -0.15) is 11.8 Å². The number of benzene rings is 1. The smallest absolute Gasteiger partial charge is 0.251 e. The number of aromatic hydroxyl groups is 1. The Morgan fingerprint density at radius 2 is 2.12 bits per heavy atom. The Morgan fingerprint density at radius 3 is 2.65 bits per heavy atom. The highest BCUT2D eigenvalue weighted by Crippen LogP contribution is 2.20. The molecule has 4 heteroatoms. The van der Waals surface area contributed by atoms with Gasteiger partial charge in [0, 0.05) is 16.9 Å². The zero-order valence-electron chi connectivity index (χ0n) is 10.7. The molecule has 1 aromatic carbocycles. The van der Waals surface area contributed by atoms with Crippen molar-refractivity contribution in [2.75, 3.05) is 12.8 Å². The first kappa shape index (κ1) is 13.9. The molecule has 94 valence electrons. The predicted molar refractivity (Wildman–Crippen MR) is 72.8 cm³/mol. The maximum Gasteiger partial charge on any atom is 0.251 e. The molecule has 0 fully saturated rings. The van der Waals surface area contributed by atoms with E-state index in [1.54, 1.807) is 30.8 Å². The van der Waals surface area contributed by atoms with Crippen LogP contribution >= 0.6 is 11.8 Å². The van der Waals surface area contributed by atoms with Crippen molar-refractivity contribution in [2.45, 2.75) is 25.5 Å². The van der Waals surface area contributed by atoms with Crippen LogP contribution in [0.3, 0.4) is 0 Å². The Labute approximate surface area is 107 Å². The van der Waals surface area contributed by atoms with Gasteiger partial charge in [-0.1, -0.05) is 6.07 Å². The molecule has 3 nitrogen and oxygen atoms in total. The van der Waals surface area contributed by atoms with Gasteiger partial charge in [0.25, 0.3) is 5.91 Å². The average molecular weight is 253 g/mol. The van der Waals surface area contributed by atoms with E-state index in [0.717, 1.165) is 5.56 Å². The van der Waals surface area contributed by atoms with E-state index in [1.165, 1.54) is 6.07 Å². The molecule has 0 saturated carbocycles. The van der Waals surface area contributed by atoms with E-state index < -0.39 is 0 Å². The van der Waals surface area contributed by atoms with Gasteiger partial charge in [0.2, 0.25) is 0 Å². The van der Waals surface area contributed by atoms with Crippen LogP contribution in [0.2, 0.25) is 0 Å². The zero-order chi connectivity index (χ0) is 13.1. The van der Waals surface area contributed by atoms with E-state index in [1.807, 2.05) is 6.26 Å². The molecule has 0 aliphatic heterocycles. The normalized spacial score (nSPS) is 11.3. The summed E-state index contributed by atoms with van der Waals surface area (Å²) in [5.41, 5.74) is 1.26. The van der Waals surface area contributed by atoms with Crippen molar-refractivity contribution >= 4 is 17.7 Å². The molecule has 0 spiro atoms. The Hall–Kier alpha value is -1.16. The fourth-order valence-corrected chi connectivity index (χ4v) is 1.43. The second-order valence-electron chi connectivity index (χ2n) is 4.65. The van der Waals surface area contributed by atoms with E-state index in [4.69, 9.17) is 0 Å².